The molecule has 116 valence electrons. The number of ether oxygens (including phenoxy) is 2. The summed E-state index contributed by atoms with van der Waals surface area (Å²) in [5.41, 5.74) is 5.04. The minimum absolute atomic E-state index is 0.0219. The molecule has 2 aromatic rings. The van der Waals surface area contributed by atoms with E-state index in [4.69, 9.17) is 9.47 Å². The van der Waals surface area contributed by atoms with Crippen LogP contribution < -0.4 is 5.32 Å². The molecule has 3 heterocycles. The second-order valence-electron chi connectivity index (χ2n) is 6.31. The lowest BCUT2D eigenvalue weighted by Gasteiger charge is -2.43. The van der Waals surface area contributed by atoms with Crippen molar-refractivity contribution in [3.05, 3.63) is 51.7 Å². The molecule has 0 spiro atoms. The molecule has 0 amide bonds. The zero-order valence-corrected chi connectivity index (χ0v) is 13.7. The van der Waals surface area contributed by atoms with Crippen LogP contribution in [0.15, 0.2) is 35.0 Å². The highest BCUT2D eigenvalue weighted by molar-refractivity contribution is 7.08. The quantitative estimate of drug-likeness (QED) is 0.885. The standard InChI is InChI=1S/C18H21NO2S/c1-11(2)12-3-4-15-14(9-12)17-18(21-7-6-20-17)16(19-15)13-5-8-22-10-13/h3-5,8-11,16-19H,6-7H2,1-2H3. The smallest absolute Gasteiger partial charge is 0.113 e. The van der Waals surface area contributed by atoms with Crippen molar-refractivity contribution in [1.29, 1.82) is 0 Å². The van der Waals surface area contributed by atoms with Gasteiger partial charge in [-0.15, -0.1) is 0 Å². The summed E-state index contributed by atoms with van der Waals surface area (Å²) in [5, 5.41) is 7.98. The predicted molar refractivity (Wildman–Crippen MR) is 89.6 cm³/mol. The first-order valence-electron chi connectivity index (χ1n) is 7.89. The van der Waals surface area contributed by atoms with Gasteiger partial charge < -0.3 is 14.8 Å². The highest BCUT2D eigenvalue weighted by Crippen LogP contribution is 2.45. The molecule has 22 heavy (non-hydrogen) atoms. The normalized spacial score (nSPS) is 27.1. The molecule has 4 rings (SSSR count). The highest BCUT2D eigenvalue weighted by atomic mass is 32.1. The number of thiophene rings is 1. The zero-order chi connectivity index (χ0) is 15.1. The second kappa shape index (κ2) is 5.69. The van der Waals surface area contributed by atoms with Crippen molar-refractivity contribution in [3.8, 4) is 0 Å². The van der Waals surface area contributed by atoms with Crippen LogP contribution in [0.25, 0.3) is 0 Å². The minimum atomic E-state index is 0.0219. The van der Waals surface area contributed by atoms with E-state index in [1.807, 2.05) is 0 Å². The first-order chi connectivity index (χ1) is 10.7. The van der Waals surface area contributed by atoms with Crippen LogP contribution in [0, 0.1) is 0 Å². The van der Waals surface area contributed by atoms with E-state index in [1.54, 1.807) is 11.3 Å². The Kier molecular flexibility index (Phi) is 3.68. The molecule has 1 aromatic carbocycles. The van der Waals surface area contributed by atoms with Crippen LogP contribution in [-0.4, -0.2) is 19.3 Å². The number of anilines is 1. The van der Waals surface area contributed by atoms with Gasteiger partial charge in [-0.25, -0.2) is 0 Å². The maximum absolute atomic E-state index is 6.11. The van der Waals surface area contributed by atoms with Crippen LogP contribution in [-0.2, 0) is 9.47 Å². The molecule has 3 unspecified atom stereocenters. The van der Waals surface area contributed by atoms with Crippen LogP contribution >= 0.6 is 11.3 Å². The van der Waals surface area contributed by atoms with E-state index in [1.165, 1.54) is 22.4 Å². The molecule has 0 radical (unpaired) electrons. The predicted octanol–water partition coefficient (Wildman–Crippen LogP) is 4.49. The monoisotopic (exact) mass is 315 g/mol. The van der Waals surface area contributed by atoms with Gasteiger partial charge in [-0.1, -0.05) is 26.0 Å². The molecule has 0 saturated carbocycles. The summed E-state index contributed by atoms with van der Waals surface area (Å²) in [6.07, 6.45) is 0.0619. The topological polar surface area (TPSA) is 30.5 Å². The van der Waals surface area contributed by atoms with E-state index >= 15 is 0 Å². The van der Waals surface area contributed by atoms with Gasteiger partial charge in [0.1, 0.15) is 12.2 Å². The summed E-state index contributed by atoms with van der Waals surface area (Å²) < 4.78 is 12.2. The average molecular weight is 315 g/mol. The van der Waals surface area contributed by atoms with E-state index in [-0.39, 0.29) is 18.2 Å². The van der Waals surface area contributed by atoms with Gasteiger partial charge >= 0.3 is 0 Å². The first kappa shape index (κ1) is 14.2. The first-order valence-corrected chi connectivity index (χ1v) is 8.84. The summed E-state index contributed by atoms with van der Waals surface area (Å²) in [4.78, 5) is 0. The Balaban J connectivity index is 1.77. The number of fused-ring (bicyclic) bond motifs is 3. The molecule has 4 heteroatoms. The fraction of sp³-hybridized carbons (Fsp3) is 0.444. The van der Waals surface area contributed by atoms with Crippen molar-refractivity contribution in [2.75, 3.05) is 18.5 Å². The third-order valence-electron chi connectivity index (χ3n) is 4.58. The molecule has 0 aliphatic carbocycles. The summed E-state index contributed by atoms with van der Waals surface area (Å²) in [5.74, 6) is 0.517. The van der Waals surface area contributed by atoms with E-state index < -0.39 is 0 Å². The summed E-state index contributed by atoms with van der Waals surface area (Å²) in [6, 6.07) is 9.02. The van der Waals surface area contributed by atoms with Crippen molar-refractivity contribution in [2.45, 2.75) is 38.0 Å². The number of hydrogen-bond donors (Lipinski definition) is 1. The summed E-state index contributed by atoms with van der Waals surface area (Å²) >= 11 is 1.72. The Bertz CT molecular complexity index is 653. The maximum atomic E-state index is 6.11. The van der Waals surface area contributed by atoms with Gasteiger partial charge in [-0.2, -0.15) is 11.3 Å². The molecule has 0 bridgehead atoms. The molecule has 1 aromatic heterocycles. The lowest BCUT2D eigenvalue weighted by molar-refractivity contribution is -0.151. The van der Waals surface area contributed by atoms with Crippen LogP contribution in [0.3, 0.4) is 0 Å². The fourth-order valence-electron chi connectivity index (χ4n) is 3.36. The van der Waals surface area contributed by atoms with Crippen LogP contribution in [0.1, 0.15) is 48.6 Å². The lowest BCUT2D eigenvalue weighted by atomic mass is 9.86. The van der Waals surface area contributed by atoms with Crippen molar-refractivity contribution < 1.29 is 9.47 Å². The molecule has 1 N–H and O–H groups in total. The largest absolute Gasteiger partial charge is 0.375 e. The van der Waals surface area contributed by atoms with Gasteiger partial charge in [0.05, 0.1) is 19.3 Å². The molecular weight excluding hydrogens is 294 g/mol. The van der Waals surface area contributed by atoms with Crippen molar-refractivity contribution in [1.82, 2.24) is 0 Å². The van der Waals surface area contributed by atoms with Crippen LogP contribution in [0.5, 0.6) is 0 Å². The zero-order valence-electron chi connectivity index (χ0n) is 12.9. The Morgan fingerprint density at radius 3 is 2.82 bits per heavy atom. The number of nitrogens with one attached hydrogen (secondary N) is 1. The molecule has 1 fully saturated rings. The second-order valence-corrected chi connectivity index (χ2v) is 7.09. The Morgan fingerprint density at radius 2 is 2.05 bits per heavy atom. The Labute approximate surface area is 135 Å². The van der Waals surface area contributed by atoms with Crippen molar-refractivity contribution in [2.24, 2.45) is 0 Å². The van der Waals surface area contributed by atoms with Gasteiger partial charge in [0.2, 0.25) is 0 Å². The van der Waals surface area contributed by atoms with Gasteiger partial charge in [0.15, 0.2) is 0 Å². The minimum Gasteiger partial charge on any atom is -0.375 e. The van der Waals surface area contributed by atoms with Crippen LogP contribution in [0.4, 0.5) is 5.69 Å². The van der Waals surface area contributed by atoms with Gasteiger partial charge in [0.25, 0.3) is 0 Å². The van der Waals surface area contributed by atoms with Crippen LogP contribution in [0.2, 0.25) is 0 Å². The Hall–Kier alpha value is -1.36. The summed E-state index contributed by atoms with van der Waals surface area (Å²) in [6.45, 7) is 5.79. The van der Waals surface area contributed by atoms with Gasteiger partial charge in [-0.05, 0) is 39.9 Å². The summed E-state index contributed by atoms with van der Waals surface area (Å²) in [7, 11) is 0. The van der Waals surface area contributed by atoms with Crippen molar-refractivity contribution in [3.63, 3.8) is 0 Å². The molecule has 2 aliphatic heterocycles. The molecule has 2 aliphatic rings. The van der Waals surface area contributed by atoms with Gasteiger partial charge in [0, 0.05) is 11.3 Å². The van der Waals surface area contributed by atoms with E-state index in [0.717, 1.165) is 0 Å². The van der Waals surface area contributed by atoms with Crippen molar-refractivity contribution >= 4 is 17.0 Å². The third kappa shape index (κ3) is 2.35. The molecule has 1 saturated heterocycles. The molecular formula is C18H21NO2S. The Morgan fingerprint density at radius 1 is 1.18 bits per heavy atom. The maximum Gasteiger partial charge on any atom is 0.113 e. The van der Waals surface area contributed by atoms with E-state index in [9.17, 15) is 0 Å². The lowest BCUT2D eigenvalue weighted by Crippen LogP contribution is -2.43. The van der Waals surface area contributed by atoms with E-state index in [0.29, 0.717) is 19.1 Å². The number of hydrogen-bond acceptors (Lipinski definition) is 4. The molecule has 3 nitrogen and oxygen atoms in total. The third-order valence-corrected chi connectivity index (χ3v) is 5.28. The SMILES string of the molecule is CC(C)c1ccc2c(c1)C1OCCOC1C(c1ccsc1)N2. The molecule has 3 atom stereocenters. The van der Waals surface area contributed by atoms with Gasteiger partial charge in [-0.3, -0.25) is 0 Å². The average Bonchev–Trinajstić information content (AvgIpc) is 3.08. The highest BCUT2D eigenvalue weighted by Gasteiger charge is 2.41. The van der Waals surface area contributed by atoms with E-state index in [2.05, 4.69) is 54.2 Å². The number of rotatable bonds is 2. The fourth-order valence-corrected chi connectivity index (χ4v) is 4.06. The number of benzene rings is 1.